The summed E-state index contributed by atoms with van der Waals surface area (Å²) in [5.41, 5.74) is 4.95. The van der Waals surface area contributed by atoms with Gasteiger partial charge in [0.25, 0.3) is 0 Å². The molecule has 2 rings (SSSR count). The van der Waals surface area contributed by atoms with Crippen molar-refractivity contribution < 1.29 is 37.5 Å². The second-order valence-corrected chi connectivity index (χ2v) is 10.0. The molecule has 2 aliphatic heterocycles. The lowest BCUT2D eigenvalue weighted by atomic mass is 9.97. The second kappa shape index (κ2) is 10.5. The molecule has 0 radical (unpaired) electrons. The Hall–Kier alpha value is -0.0900. The van der Waals surface area contributed by atoms with Crippen LogP contribution in [0.25, 0.3) is 0 Å². The molecule has 0 aromatic carbocycles. The number of rotatable bonds is 11. The molecule has 0 saturated carbocycles. The molecule has 0 spiro atoms. The molecule has 172 valence electrons. The Bertz CT molecular complexity index is 562. The number of phosphoric acid groups is 1. The summed E-state index contributed by atoms with van der Waals surface area (Å²) in [6.45, 7) is 11.7. The molecular formula is C19H38NO8P. The summed E-state index contributed by atoms with van der Waals surface area (Å²) in [4.78, 5) is 10.3. The summed E-state index contributed by atoms with van der Waals surface area (Å²) in [6.07, 6.45) is -0.408. The molecule has 7 atom stereocenters. The molecule has 0 aromatic heterocycles. The molecule has 0 bridgehead atoms. The average molecular weight is 439 g/mol. The van der Waals surface area contributed by atoms with Gasteiger partial charge in [0.2, 0.25) is 0 Å². The van der Waals surface area contributed by atoms with Gasteiger partial charge in [-0.15, -0.1) is 0 Å². The predicted molar refractivity (Wildman–Crippen MR) is 108 cm³/mol. The van der Waals surface area contributed by atoms with Crippen LogP contribution in [0.2, 0.25) is 0 Å². The van der Waals surface area contributed by atoms with E-state index in [1.807, 2.05) is 41.5 Å². The van der Waals surface area contributed by atoms with E-state index in [0.29, 0.717) is 12.8 Å². The molecule has 2 heterocycles. The fourth-order valence-corrected chi connectivity index (χ4v) is 4.77. The van der Waals surface area contributed by atoms with Gasteiger partial charge in [-0.3, -0.25) is 9.05 Å². The third kappa shape index (κ3) is 7.23. The highest BCUT2D eigenvalue weighted by Crippen LogP contribution is 2.50. The van der Waals surface area contributed by atoms with E-state index >= 15 is 0 Å². The fraction of sp³-hybridized carbons (Fsp3) is 1.00. The molecule has 29 heavy (non-hydrogen) atoms. The van der Waals surface area contributed by atoms with Gasteiger partial charge in [-0.2, -0.15) is 0 Å². The monoisotopic (exact) mass is 439 g/mol. The van der Waals surface area contributed by atoms with E-state index in [1.165, 1.54) is 0 Å². The zero-order chi connectivity index (χ0) is 21.8. The largest absolute Gasteiger partial charge is 0.472 e. The average Bonchev–Trinajstić information content (AvgIpc) is 3.09. The van der Waals surface area contributed by atoms with Crippen molar-refractivity contribution in [1.82, 2.24) is 0 Å². The maximum absolute atomic E-state index is 12.7. The molecule has 10 heteroatoms. The van der Waals surface area contributed by atoms with Gasteiger partial charge in [0, 0.05) is 19.4 Å². The summed E-state index contributed by atoms with van der Waals surface area (Å²) in [6, 6.07) is 0. The van der Waals surface area contributed by atoms with Crippen LogP contribution in [-0.4, -0.2) is 73.0 Å². The summed E-state index contributed by atoms with van der Waals surface area (Å²) < 4.78 is 46.7. The van der Waals surface area contributed by atoms with Gasteiger partial charge in [-0.1, -0.05) is 0 Å². The third-order valence-corrected chi connectivity index (χ3v) is 6.07. The van der Waals surface area contributed by atoms with Crippen molar-refractivity contribution in [3.8, 4) is 0 Å². The summed E-state index contributed by atoms with van der Waals surface area (Å²) in [5, 5.41) is 0. The summed E-state index contributed by atoms with van der Waals surface area (Å²) in [5.74, 6) is 0. The van der Waals surface area contributed by atoms with E-state index < -0.39 is 25.6 Å². The van der Waals surface area contributed by atoms with Crippen LogP contribution < -0.4 is 5.73 Å². The van der Waals surface area contributed by atoms with Gasteiger partial charge >= 0.3 is 7.82 Å². The van der Waals surface area contributed by atoms with Gasteiger partial charge < -0.3 is 29.6 Å². The Morgan fingerprint density at radius 1 is 1.17 bits per heavy atom. The molecule has 3 N–H and O–H groups in total. The van der Waals surface area contributed by atoms with E-state index in [4.69, 9.17) is 33.7 Å². The SMILES string of the molecule is CC(C)OC[C@@]1(CN)O[C@@H](C)CC1OP(=O)(O)OC[C@H]1O[C@@H](C)CC1OC(C)C. The maximum Gasteiger partial charge on any atom is 0.472 e. The zero-order valence-corrected chi connectivity index (χ0v) is 19.3. The number of hydrogen-bond acceptors (Lipinski definition) is 8. The van der Waals surface area contributed by atoms with Crippen LogP contribution in [0.4, 0.5) is 0 Å². The van der Waals surface area contributed by atoms with Crippen LogP contribution >= 0.6 is 7.82 Å². The van der Waals surface area contributed by atoms with Crippen LogP contribution in [0, 0.1) is 0 Å². The molecular weight excluding hydrogens is 401 g/mol. The third-order valence-electron chi connectivity index (χ3n) is 5.07. The second-order valence-electron chi connectivity index (χ2n) is 8.60. The quantitative estimate of drug-likeness (QED) is 0.468. The van der Waals surface area contributed by atoms with Crippen LogP contribution in [-0.2, 0) is 32.6 Å². The zero-order valence-electron chi connectivity index (χ0n) is 18.4. The van der Waals surface area contributed by atoms with Crippen molar-refractivity contribution >= 4 is 7.82 Å². The Morgan fingerprint density at radius 3 is 2.45 bits per heavy atom. The molecule has 9 nitrogen and oxygen atoms in total. The van der Waals surface area contributed by atoms with Crippen molar-refractivity contribution in [2.75, 3.05) is 19.8 Å². The Balaban J connectivity index is 1.98. The standard InChI is InChI=1S/C19H38NO8P/c1-12(2)23-11-19(10-20)18(8-15(6)27-19)28-29(21,22)24-9-17-16(25-13(3)4)7-14(5)26-17/h12-18H,7-11,20H2,1-6H3,(H,21,22)/t14-,15-,16?,17+,18?,19+/m0/s1. The van der Waals surface area contributed by atoms with Crippen molar-refractivity contribution in [3.63, 3.8) is 0 Å². The molecule has 2 aliphatic rings. The van der Waals surface area contributed by atoms with E-state index in [0.717, 1.165) is 0 Å². The van der Waals surface area contributed by atoms with Crippen molar-refractivity contribution in [2.45, 2.75) is 103 Å². The lowest BCUT2D eigenvalue weighted by Gasteiger charge is -2.34. The molecule has 2 saturated heterocycles. The van der Waals surface area contributed by atoms with Gasteiger partial charge in [0.1, 0.15) is 17.8 Å². The molecule has 0 amide bonds. The highest BCUT2D eigenvalue weighted by Gasteiger charge is 2.51. The normalized spacial score (nSPS) is 37.5. The topological polar surface area (TPSA) is 119 Å². The summed E-state index contributed by atoms with van der Waals surface area (Å²) in [7, 11) is -4.37. The van der Waals surface area contributed by atoms with E-state index in [1.54, 1.807) is 0 Å². The first-order chi connectivity index (χ1) is 13.5. The maximum atomic E-state index is 12.7. The number of ether oxygens (including phenoxy) is 4. The molecule has 0 aromatic rings. The van der Waals surface area contributed by atoms with Crippen molar-refractivity contribution in [3.05, 3.63) is 0 Å². The van der Waals surface area contributed by atoms with Gasteiger partial charge in [0.15, 0.2) is 0 Å². The van der Waals surface area contributed by atoms with Crippen molar-refractivity contribution in [2.24, 2.45) is 5.73 Å². The minimum Gasteiger partial charge on any atom is -0.376 e. The molecule has 2 fully saturated rings. The smallest absolute Gasteiger partial charge is 0.376 e. The highest BCUT2D eigenvalue weighted by atomic mass is 31.2. The number of nitrogens with two attached hydrogens (primary N) is 1. The van der Waals surface area contributed by atoms with Crippen molar-refractivity contribution in [1.29, 1.82) is 0 Å². The first-order valence-corrected chi connectivity index (χ1v) is 11.9. The van der Waals surface area contributed by atoms with E-state index in [9.17, 15) is 9.46 Å². The van der Waals surface area contributed by atoms with E-state index in [2.05, 4.69) is 0 Å². The molecule has 0 aliphatic carbocycles. The number of hydrogen-bond donors (Lipinski definition) is 2. The Morgan fingerprint density at radius 2 is 1.86 bits per heavy atom. The van der Waals surface area contributed by atoms with Gasteiger partial charge in [0.05, 0.1) is 43.7 Å². The summed E-state index contributed by atoms with van der Waals surface area (Å²) >= 11 is 0. The predicted octanol–water partition coefficient (Wildman–Crippen LogP) is 2.39. The van der Waals surface area contributed by atoms with E-state index in [-0.39, 0.29) is 50.3 Å². The van der Waals surface area contributed by atoms with Crippen LogP contribution in [0.1, 0.15) is 54.4 Å². The fourth-order valence-electron chi connectivity index (χ4n) is 3.77. The van der Waals surface area contributed by atoms with Gasteiger partial charge in [-0.25, -0.2) is 4.57 Å². The van der Waals surface area contributed by atoms with Gasteiger partial charge in [-0.05, 0) is 41.5 Å². The highest BCUT2D eigenvalue weighted by molar-refractivity contribution is 7.47. The number of phosphoric ester groups is 1. The first-order valence-electron chi connectivity index (χ1n) is 10.4. The lowest BCUT2D eigenvalue weighted by Crippen LogP contribution is -2.51. The van der Waals surface area contributed by atoms with Crippen LogP contribution in [0.15, 0.2) is 0 Å². The lowest BCUT2D eigenvalue weighted by molar-refractivity contribution is -0.126. The minimum atomic E-state index is -4.37. The van der Waals surface area contributed by atoms with Crippen LogP contribution in [0.5, 0.6) is 0 Å². The molecule has 3 unspecified atom stereocenters. The Kier molecular flexibility index (Phi) is 9.10. The Labute approximate surface area is 174 Å². The first kappa shape index (κ1) is 25.2. The van der Waals surface area contributed by atoms with Crippen LogP contribution in [0.3, 0.4) is 0 Å². The minimum absolute atomic E-state index is 0.00602.